The number of terminal acetylenes is 1. The summed E-state index contributed by atoms with van der Waals surface area (Å²) in [4.78, 5) is 42.3. The molecule has 0 radical (unpaired) electrons. The van der Waals surface area contributed by atoms with Gasteiger partial charge in [0.1, 0.15) is 41.5 Å². The smallest absolute Gasteiger partial charge is 0.319 e. The van der Waals surface area contributed by atoms with E-state index in [9.17, 15) is 19.1 Å². The Labute approximate surface area is 332 Å². The number of hydrogen-bond donors (Lipinski definition) is 3. The van der Waals surface area contributed by atoms with Gasteiger partial charge in [-0.3, -0.25) is 14.7 Å². The molecule has 5 heterocycles. The zero-order valence-corrected chi connectivity index (χ0v) is 32.9. The minimum atomic E-state index is -0.760. The molecule has 57 heavy (non-hydrogen) atoms. The van der Waals surface area contributed by atoms with E-state index in [2.05, 4.69) is 42.9 Å². The minimum absolute atomic E-state index is 0.00230. The first-order chi connectivity index (χ1) is 27.3. The lowest BCUT2D eigenvalue weighted by Gasteiger charge is -2.34. The average Bonchev–Trinajstić information content (AvgIpc) is 3.71. The lowest BCUT2D eigenvalue weighted by molar-refractivity contribution is -0.125. The predicted octanol–water partition coefficient (Wildman–Crippen LogP) is 6.44. The number of aromatic hydroxyl groups is 1. The molecule has 0 saturated carbocycles. The summed E-state index contributed by atoms with van der Waals surface area (Å²) in [5, 5.41) is 18.2. The van der Waals surface area contributed by atoms with Crippen LogP contribution in [0.5, 0.6) is 11.8 Å². The van der Waals surface area contributed by atoms with Crippen molar-refractivity contribution in [2.45, 2.75) is 96.3 Å². The number of fused-ring (bicyclic) bond motifs is 4. The Morgan fingerprint density at radius 3 is 2.63 bits per heavy atom. The van der Waals surface area contributed by atoms with Gasteiger partial charge in [-0.05, 0) is 67.6 Å². The number of phenols is 1. The van der Waals surface area contributed by atoms with Gasteiger partial charge < -0.3 is 30.2 Å². The number of phenolic OH excluding ortho intramolecular Hbond substituents is 1. The fourth-order valence-corrected chi connectivity index (χ4v) is 8.43. The fourth-order valence-electron chi connectivity index (χ4n) is 8.43. The number of hydrogen-bond acceptors (Lipinski definition) is 10. The van der Waals surface area contributed by atoms with Crippen LogP contribution in [0.3, 0.4) is 0 Å². The number of carbonyl (C=O) groups excluding carboxylic acids is 2. The van der Waals surface area contributed by atoms with Crippen molar-refractivity contribution < 1.29 is 28.2 Å². The molecular formula is C44H51F2N7O4. The van der Waals surface area contributed by atoms with Crippen LogP contribution in [0.1, 0.15) is 77.7 Å². The largest absolute Gasteiger partial charge is 0.508 e. The number of unbranched alkanes of at least 4 members (excludes halogenated alkanes) is 3. The quantitative estimate of drug-likeness (QED) is 0.0569. The molecule has 3 aliphatic heterocycles. The molecule has 2 aromatic heterocycles. The Bertz CT molecular complexity index is 2220. The Hall–Kier alpha value is -5.19. The third-order valence-corrected chi connectivity index (χ3v) is 11.5. The fraction of sp³-hybridized carbons (Fsp3) is 0.477. The van der Waals surface area contributed by atoms with Crippen molar-refractivity contribution in [3.05, 3.63) is 59.8 Å². The van der Waals surface area contributed by atoms with E-state index in [0.29, 0.717) is 36.1 Å². The molecule has 2 bridgehead atoms. The van der Waals surface area contributed by atoms with Crippen LogP contribution in [-0.4, -0.2) is 94.1 Å². The van der Waals surface area contributed by atoms with Crippen LogP contribution in [0.25, 0.3) is 32.9 Å². The van der Waals surface area contributed by atoms with E-state index in [4.69, 9.17) is 16.1 Å². The van der Waals surface area contributed by atoms with Crippen molar-refractivity contribution in [2.24, 2.45) is 5.41 Å². The van der Waals surface area contributed by atoms with Gasteiger partial charge in [0.15, 0.2) is 5.82 Å². The van der Waals surface area contributed by atoms with Gasteiger partial charge in [0.05, 0.1) is 17.0 Å². The summed E-state index contributed by atoms with van der Waals surface area (Å²) in [5.74, 6) is 1.27. The number of amides is 1. The number of nitrogens with zero attached hydrogens (tertiary/aromatic N) is 5. The van der Waals surface area contributed by atoms with Gasteiger partial charge in [-0.2, -0.15) is 9.97 Å². The molecule has 0 aliphatic carbocycles. The van der Waals surface area contributed by atoms with Crippen LogP contribution >= 0.6 is 0 Å². The highest BCUT2D eigenvalue weighted by Crippen LogP contribution is 2.39. The van der Waals surface area contributed by atoms with E-state index < -0.39 is 17.7 Å². The Balaban J connectivity index is 1.09. The highest BCUT2D eigenvalue weighted by Gasteiger charge is 2.35. The number of halogens is 2. The van der Waals surface area contributed by atoms with Crippen molar-refractivity contribution in [3.8, 4) is 35.4 Å². The summed E-state index contributed by atoms with van der Waals surface area (Å²) in [6, 6.07) is 5.61. The SMILES string of the molecule is C#Cc1c(F)ccc2cc(O)cc(-c3ncc4c(N5CC6CCC(C5)N6)nc(OCC5CC(=C)CN5CCCCCCC(=O)NC(C=O)C(C)(C)C)nc4c3F)c12. The molecule has 3 fully saturated rings. The third kappa shape index (κ3) is 8.72. The molecule has 4 aromatic rings. The van der Waals surface area contributed by atoms with Crippen LogP contribution in [0.2, 0.25) is 0 Å². The van der Waals surface area contributed by atoms with Gasteiger partial charge in [0.2, 0.25) is 5.91 Å². The van der Waals surface area contributed by atoms with Crippen molar-refractivity contribution in [1.82, 2.24) is 30.5 Å². The van der Waals surface area contributed by atoms with Crippen LogP contribution in [0, 0.1) is 29.4 Å². The number of piperazine rings is 1. The molecule has 1 amide bonds. The van der Waals surface area contributed by atoms with Crippen molar-refractivity contribution in [2.75, 3.05) is 37.7 Å². The number of ether oxygens (including phenoxy) is 1. The van der Waals surface area contributed by atoms with Gasteiger partial charge >= 0.3 is 6.01 Å². The molecule has 2 aromatic carbocycles. The number of carbonyl (C=O) groups is 2. The molecule has 3 N–H and O–H groups in total. The van der Waals surface area contributed by atoms with Crippen LogP contribution < -0.4 is 20.3 Å². The Kier molecular flexibility index (Phi) is 11.7. The minimum Gasteiger partial charge on any atom is -0.508 e. The second kappa shape index (κ2) is 16.7. The number of anilines is 1. The molecule has 11 nitrogen and oxygen atoms in total. The van der Waals surface area contributed by atoms with Gasteiger partial charge in [-0.25, -0.2) is 8.78 Å². The zero-order valence-electron chi connectivity index (χ0n) is 32.9. The molecule has 4 atom stereocenters. The molecule has 4 unspecified atom stereocenters. The first-order valence-corrected chi connectivity index (χ1v) is 19.9. The second-order valence-corrected chi connectivity index (χ2v) is 16.8. The number of benzene rings is 2. The lowest BCUT2D eigenvalue weighted by atomic mass is 9.87. The average molecular weight is 780 g/mol. The number of aldehydes is 1. The van der Waals surface area contributed by atoms with E-state index in [1.165, 1.54) is 30.5 Å². The topological polar surface area (TPSA) is 133 Å². The van der Waals surface area contributed by atoms with E-state index in [1.807, 2.05) is 20.8 Å². The number of pyridine rings is 1. The molecule has 7 rings (SSSR count). The van der Waals surface area contributed by atoms with E-state index in [0.717, 1.165) is 69.9 Å². The molecule has 3 aliphatic rings. The van der Waals surface area contributed by atoms with Crippen molar-refractivity contribution >= 4 is 39.7 Å². The standard InChI is InChI=1S/C44H51F2N7O4/c1-6-32-35(45)15-12-27-18-31(55)19-33(38(27)32)40-39(46)41-34(20-47-40)42(53-22-28-13-14-29(23-53)48-28)51-43(50-41)57-25-30-17-26(2)21-52(30)16-10-8-7-9-11-37(56)49-36(24-54)44(3,4)5/h1,12,15,18-20,24,28-30,36,48,55H,2,7-11,13-14,16-17,21-23,25H2,3-5H3,(H,49,56). The molecule has 13 heteroatoms. The second-order valence-electron chi connectivity index (χ2n) is 16.8. The predicted molar refractivity (Wildman–Crippen MR) is 217 cm³/mol. The normalized spacial score (nSPS) is 20.2. The Morgan fingerprint density at radius 1 is 1.16 bits per heavy atom. The summed E-state index contributed by atoms with van der Waals surface area (Å²) in [5.41, 5.74) is 0.737. The maximum atomic E-state index is 17.0. The first-order valence-electron chi connectivity index (χ1n) is 19.9. The summed E-state index contributed by atoms with van der Waals surface area (Å²) >= 11 is 0. The molecule has 0 spiro atoms. The molecule has 3 saturated heterocycles. The number of likely N-dealkylation sites (tertiary alicyclic amines) is 1. The molecule has 300 valence electrons. The highest BCUT2D eigenvalue weighted by atomic mass is 19.1. The van der Waals surface area contributed by atoms with E-state index >= 15 is 4.39 Å². The summed E-state index contributed by atoms with van der Waals surface area (Å²) in [6.45, 7) is 13.2. The van der Waals surface area contributed by atoms with Gasteiger partial charge in [-0.15, -0.1) is 6.42 Å². The lowest BCUT2D eigenvalue weighted by Crippen LogP contribution is -2.51. The zero-order chi connectivity index (χ0) is 40.4. The maximum absolute atomic E-state index is 17.0. The van der Waals surface area contributed by atoms with Crippen molar-refractivity contribution in [3.63, 3.8) is 0 Å². The number of rotatable bonds is 14. The monoisotopic (exact) mass is 779 g/mol. The van der Waals surface area contributed by atoms with Crippen LogP contribution in [-0.2, 0) is 9.59 Å². The number of nitrogens with one attached hydrogen (secondary N) is 2. The summed E-state index contributed by atoms with van der Waals surface area (Å²) < 4.78 is 38.2. The summed E-state index contributed by atoms with van der Waals surface area (Å²) in [7, 11) is 0. The summed E-state index contributed by atoms with van der Waals surface area (Å²) in [6.07, 6.45) is 14.8. The number of aromatic nitrogens is 3. The van der Waals surface area contributed by atoms with Crippen LogP contribution in [0.15, 0.2) is 42.6 Å². The highest BCUT2D eigenvalue weighted by molar-refractivity contribution is 6.03. The van der Waals surface area contributed by atoms with Gasteiger partial charge in [0, 0.05) is 61.3 Å². The maximum Gasteiger partial charge on any atom is 0.319 e. The van der Waals surface area contributed by atoms with E-state index in [-0.39, 0.29) is 75.5 Å². The van der Waals surface area contributed by atoms with Gasteiger partial charge in [-0.1, -0.05) is 57.8 Å². The van der Waals surface area contributed by atoms with E-state index in [1.54, 1.807) is 0 Å². The van der Waals surface area contributed by atoms with Crippen LogP contribution in [0.4, 0.5) is 14.6 Å². The first kappa shape index (κ1) is 40.0. The third-order valence-electron chi connectivity index (χ3n) is 11.5. The molecular weight excluding hydrogens is 729 g/mol. The van der Waals surface area contributed by atoms with Gasteiger partial charge in [0.25, 0.3) is 0 Å². The Morgan fingerprint density at radius 2 is 1.91 bits per heavy atom. The van der Waals surface area contributed by atoms with Crippen molar-refractivity contribution in [1.29, 1.82) is 0 Å².